The number of carbonyl (C=O) groups is 2. The average Bonchev–Trinajstić information content (AvgIpc) is 2.46. The first kappa shape index (κ1) is 17.2. The van der Waals surface area contributed by atoms with Gasteiger partial charge in [0.25, 0.3) is 0 Å². The minimum atomic E-state index is -0.951. The Kier molecular flexibility index (Phi) is 7.51. The fourth-order valence-electron chi connectivity index (χ4n) is 2.39. The Morgan fingerprint density at radius 1 is 1.24 bits per heavy atom. The van der Waals surface area contributed by atoms with Crippen molar-refractivity contribution in [1.29, 1.82) is 0 Å². The molecule has 4 nitrogen and oxygen atoms in total. The second-order valence-corrected chi connectivity index (χ2v) is 5.43. The van der Waals surface area contributed by atoms with Crippen molar-refractivity contribution in [3.63, 3.8) is 0 Å². The molecule has 0 fully saturated rings. The first-order valence-electron chi connectivity index (χ1n) is 7.59. The smallest absolute Gasteiger partial charge is 0.323 e. The molecule has 1 aromatic rings. The number of benzene rings is 1. The molecular formula is C17H25NO3. The normalized spacial score (nSPS) is 11.9. The van der Waals surface area contributed by atoms with E-state index in [-0.39, 0.29) is 18.4 Å². The van der Waals surface area contributed by atoms with Gasteiger partial charge in [0.2, 0.25) is 5.91 Å². The number of aryl methyl sites for hydroxylation is 1. The van der Waals surface area contributed by atoms with E-state index < -0.39 is 5.97 Å². The van der Waals surface area contributed by atoms with Crippen LogP contribution in [0.15, 0.2) is 30.3 Å². The van der Waals surface area contributed by atoms with Crippen LogP contribution in [0.2, 0.25) is 0 Å². The van der Waals surface area contributed by atoms with E-state index in [0.29, 0.717) is 6.54 Å². The van der Waals surface area contributed by atoms with Crippen LogP contribution in [0.25, 0.3) is 0 Å². The summed E-state index contributed by atoms with van der Waals surface area (Å²) in [6, 6.07) is 10.2. The van der Waals surface area contributed by atoms with Gasteiger partial charge >= 0.3 is 5.97 Å². The molecule has 0 spiro atoms. The van der Waals surface area contributed by atoms with Crippen molar-refractivity contribution < 1.29 is 14.7 Å². The molecule has 1 amide bonds. The van der Waals surface area contributed by atoms with Crippen molar-refractivity contribution in [3.05, 3.63) is 35.9 Å². The molecule has 116 valence electrons. The third-order valence-electron chi connectivity index (χ3n) is 3.50. The van der Waals surface area contributed by atoms with Crippen LogP contribution < -0.4 is 0 Å². The van der Waals surface area contributed by atoms with Crippen LogP contribution in [-0.2, 0) is 16.0 Å². The average molecular weight is 291 g/mol. The van der Waals surface area contributed by atoms with Crippen molar-refractivity contribution in [3.8, 4) is 0 Å². The van der Waals surface area contributed by atoms with Gasteiger partial charge in [0.15, 0.2) is 0 Å². The minimum absolute atomic E-state index is 0.0488. The van der Waals surface area contributed by atoms with Crippen molar-refractivity contribution in [1.82, 2.24) is 4.90 Å². The summed E-state index contributed by atoms with van der Waals surface area (Å²) in [5.41, 5.74) is 1.27. The zero-order valence-electron chi connectivity index (χ0n) is 12.9. The summed E-state index contributed by atoms with van der Waals surface area (Å²) in [5, 5.41) is 8.87. The topological polar surface area (TPSA) is 57.6 Å². The van der Waals surface area contributed by atoms with E-state index in [1.807, 2.05) is 32.0 Å². The van der Waals surface area contributed by atoms with Gasteiger partial charge in [-0.3, -0.25) is 9.59 Å². The number of hydrogen-bond acceptors (Lipinski definition) is 2. The first-order valence-corrected chi connectivity index (χ1v) is 7.59. The lowest BCUT2D eigenvalue weighted by Crippen LogP contribution is -2.39. The zero-order valence-corrected chi connectivity index (χ0v) is 12.9. The lowest BCUT2D eigenvalue weighted by atomic mass is 9.99. The highest BCUT2D eigenvalue weighted by atomic mass is 16.4. The van der Waals surface area contributed by atoms with Crippen LogP contribution in [0.3, 0.4) is 0 Å². The first-order chi connectivity index (χ1) is 10.0. The van der Waals surface area contributed by atoms with Gasteiger partial charge < -0.3 is 10.0 Å². The quantitative estimate of drug-likeness (QED) is 0.761. The molecule has 0 aliphatic heterocycles. The number of aliphatic carboxylic acids is 1. The Morgan fingerprint density at radius 2 is 1.90 bits per heavy atom. The monoisotopic (exact) mass is 291 g/mol. The molecule has 21 heavy (non-hydrogen) atoms. The number of rotatable bonds is 9. The molecular weight excluding hydrogens is 266 g/mol. The highest BCUT2D eigenvalue weighted by Crippen LogP contribution is 2.13. The number of amides is 1. The predicted octanol–water partition coefficient (Wildman–Crippen LogP) is 2.97. The van der Waals surface area contributed by atoms with E-state index in [1.165, 1.54) is 10.5 Å². The van der Waals surface area contributed by atoms with E-state index in [2.05, 4.69) is 12.1 Å². The molecule has 4 heteroatoms. The second-order valence-electron chi connectivity index (χ2n) is 5.43. The van der Waals surface area contributed by atoms with E-state index >= 15 is 0 Å². The summed E-state index contributed by atoms with van der Waals surface area (Å²) in [6.45, 7) is 4.14. The highest BCUT2D eigenvalue weighted by Gasteiger charge is 2.21. The highest BCUT2D eigenvalue weighted by molar-refractivity contribution is 5.82. The standard InChI is InChI=1S/C17H25NO3/c1-3-12-18(13-16(19)20)17(21)14(2)8-7-11-15-9-5-4-6-10-15/h4-6,9-10,14H,3,7-8,11-13H2,1-2H3,(H,19,20). The van der Waals surface area contributed by atoms with Gasteiger partial charge in [-0.15, -0.1) is 0 Å². The fourth-order valence-corrected chi connectivity index (χ4v) is 2.39. The molecule has 0 heterocycles. The van der Waals surface area contributed by atoms with E-state index in [9.17, 15) is 9.59 Å². The maximum Gasteiger partial charge on any atom is 0.323 e. The molecule has 1 atom stereocenters. The molecule has 0 aromatic heterocycles. The van der Waals surface area contributed by atoms with Crippen LogP contribution in [0.1, 0.15) is 38.7 Å². The van der Waals surface area contributed by atoms with E-state index in [4.69, 9.17) is 5.11 Å². The van der Waals surface area contributed by atoms with Gasteiger partial charge in [0.05, 0.1) is 0 Å². The Bertz CT molecular complexity index is 445. The molecule has 0 bridgehead atoms. The van der Waals surface area contributed by atoms with Gasteiger partial charge in [0.1, 0.15) is 6.54 Å². The molecule has 0 saturated heterocycles. The van der Waals surface area contributed by atoms with Gasteiger partial charge in [0, 0.05) is 12.5 Å². The Morgan fingerprint density at radius 3 is 2.48 bits per heavy atom. The number of hydrogen-bond donors (Lipinski definition) is 1. The molecule has 0 aliphatic rings. The second kappa shape index (κ2) is 9.16. The number of nitrogens with zero attached hydrogens (tertiary/aromatic N) is 1. The summed E-state index contributed by atoms with van der Waals surface area (Å²) in [5.74, 6) is -1.12. The van der Waals surface area contributed by atoms with E-state index in [0.717, 1.165) is 25.7 Å². The fraction of sp³-hybridized carbons (Fsp3) is 0.529. The molecule has 0 aliphatic carbocycles. The van der Waals surface area contributed by atoms with Crippen LogP contribution in [0.5, 0.6) is 0 Å². The van der Waals surface area contributed by atoms with Crippen molar-refractivity contribution >= 4 is 11.9 Å². The number of carbonyl (C=O) groups excluding carboxylic acids is 1. The van der Waals surface area contributed by atoms with Crippen LogP contribution >= 0.6 is 0 Å². The van der Waals surface area contributed by atoms with Gasteiger partial charge in [-0.05, 0) is 31.2 Å². The number of carboxylic acids is 1. The lowest BCUT2D eigenvalue weighted by molar-refractivity contribution is -0.146. The molecule has 1 aromatic carbocycles. The Hall–Kier alpha value is -1.84. The SMILES string of the molecule is CCCN(CC(=O)O)C(=O)C(C)CCCc1ccccc1. The maximum atomic E-state index is 12.3. The van der Waals surface area contributed by atoms with Crippen molar-refractivity contribution in [2.24, 2.45) is 5.92 Å². The van der Waals surface area contributed by atoms with Gasteiger partial charge in [-0.2, -0.15) is 0 Å². The van der Waals surface area contributed by atoms with Crippen LogP contribution in [-0.4, -0.2) is 35.0 Å². The summed E-state index contributed by atoms with van der Waals surface area (Å²) < 4.78 is 0. The van der Waals surface area contributed by atoms with Crippen molar-refractivity contribution in [2.75, 3.05) is 13.1 Å². The summed E-state index contributed by atoms with van der Waals surface area (Å²) >= 11 is 0. The third-order valence-corrected chi connectivity index (χ3v) is 3.50. The zero-order chi connectivity index (χ0) is 15.7. The van der Waals surface area contributed by atoms with Gasteiger partial charge in [-0.1, -0.05) is 44.2 Å². The minimum Gasteiger partial charge on any atom is -0.480 e. The summed E-state index contributed by atoms with van der Waals surface area (Å²) in [4.78, 5) is 24.5. The summed E-state index contributed by atoms with van der Waals surface area (Å²) in [6.07, 6.45) is 3.44. The molecule has 0 radical (unpaired) electrons. The lowest BCUT2D eigenvalue weighted by Gasteiger charge is -2.23. The Balaban J connectivity index is 2.43. The largest absolute Gasteiger partial charge is 0.480 e. The van der Waals surface area contributed by atoms with E-state index in [1.54, 1.807) is 0 Å². The van der Waals surface area contributed by atoms with Crippen LogP contribution in [0, 0.1) is 5.92 Å². The third kappa shape index (κ3) is 6.43. The molecule has 1 unspecified atom stereocenters. The van der Waals surface area contributed by atoms with Crippen molar-refractivity contribution in [2.45, 2.75) is 39.5 Å². The Labute approximate surface area is 126 Å². The van der Waals surface area contributed by atoms with Crippen LogP contribution in [0.4, 0.5) is 0 Å². The molecule has 1 N–H and O–H groups in total. The maximum absolute atomic E-state index is 12.3. The molecule has 1 rings (SSSR count). The van der Waals surface area contributed by atoms with Gasteiger partial charge in [-0.25, -0.2) is 0 Å². The predicted molar refractivity (Wildman–Crippen MR) is 83.1 cm³/mol. The number of carboxylic acid groups (broad SMARTS) is 1. The molecule has 0 saturated carbocycles. The summed E-state index contributed by atoms with van der Waals surface area (Å²) in [7, 11) is 0.